The van der Waals surface area contributed by atoms with Crippen molar-refractivity contribution in [3.8, 4) is 0 Å². The van der Waals surface area contributed by atoms with Gasteiger partial charge in [-0.1, -0.05) is 62.2 Å². The molecule has 0 bridgehead atoms. The highest BCUT2D eigenvalue weighted by Gasteiger charge is 2.30. The molecule has 0 unspecified atom stereocenters. The second kappa shape index (κ2) is 11.6. The molecule has 0 aliphatic carbocycles. The Hall–Kier alpha value is -2.29. The first kappa shape index (κ1) is 28.9. The van der Waals surface area contributed by atoms with Crippen LogP contribution in [0.3, 0.4) is 0 Å². The van der Waals surface area contributed by atoms with Gasteiger partial charge in [-0.15, -0.1) is 0 Å². The summed E-state index contributed by atoms with van der Waals surface area (Å²) in [6.07, 6.45) is 1.05. The number of carbonyl (C=O) groups is 2. The quantitative estimate of drug-likeness (QED) is 0.502. The highest BCUT2D eigenvalue weighted by atomic mass is 35.5. The third-order valence-electron chi connectivity index (χ3n) is 5.56. The summed E-state index contributed by atoms with van der Waals surface area (Å²) in [5, 5.41) is 3.40. The molecule has 1 atom stereocenters. The predicted octanol–water partition coefficient (Wildman–Crippen LogP) is 4.61. The van der Waals surface area contributed by atoms with Gasteiger partial charge in [-0.3, -0.25) is 13.9 Å². The third-order valence-corrected chi connectivity index (χ3v) is 7.44. The first-order valence-electron chi connectivity index (χ1n) is 11.2. The number of amides is 2. The molecule has 10 heteroatoms. The summed E-state index contributed by atoms with van der Waals surface area (Å²) in [7, 11) is -3.79. The third kappa shape index (κ3) is 7.85. The Morgan fingerprint density at radius 3 is 2.11 bits per heavy atom. The van der Waals surface area contributed by atoms with Crippen molar-refractivity contribution in [3.63, 3.8) is 0 Å². The standard InChI is InChI=1S/C25H33Cl2N3O4S/c1-7-28-24(32)17(2)29(15-18-8-13-21(26)22(27)14-18)23(31)16-30(35(6,33)34)20-11-9-19(10-12-20)25(3,4)5/h8-14,17H,7,15-16H2,1-6H3,(H,28,32)/t17-/m0/s1. The zero-order chi connectivity index (χ0) is 26.6. The van der Waals surface area contributed by atoms with Gasteiger partial charge in [0.2, 0.25) is 21.8 Å². The lowest BCUT2D eigenvalue weighted by Gasteiger charge is -2.31. The molecule has 0 spiro atoms. The van der Waals surface area contributed by atoms with Gasteiger partial charge in [0.05, 0.1) is 22.0 Å². The van der Waals surface area contributed by atoms with Crippen molar-refractivity contribution in [2.75, 3.05) is 23.7 Å². The molecule has 7 nitrogen and oxygen atoms in total. The number of hydrogen-bond acceptors (Lipinski definition) is 4. The Bertz CT molecular complexity index is 1160. The van der Waals surface area contributed by atoms with Crippen LogP contribution < -0.4 is 9.62 Å². The molecule has 0 aliphatic rings. The predicted molar refractivity (Wildman–Crippen MR) is 142 cm³/mol. The molecule has 2 amide bonds. The highest BCUT2D eigenvalue weighted by molar-refractivity contribution is 7.92. The Labute approximate surface area is 218 Å². The molecular weight excluding hydrogens is 509 g/mol. The monoisotopic (exact) mass is 541 g/mol. The molecule has 0 heterocycles. The van der Waals surface area contributed by atoms with Gasteiger partial charge >= 0.3 is 0 Å². The molecule has 0 saturated heterocycles. The van der Waals surface area contributed by atoms with E-state index in [1.54, 1.807) is 44.2 Å². The maximum absolute atomic E-state index is 13.5. The van der Waals surface area contributed by atoms with Crippen molar-refractivity contribution in [2.24, 2.45) is 0 Å². The van der Waals surface area contributed by atoms with Crippen molar-refractivity contribution in [1.82, 2.24) is 10.2 Å². The molecule has 0 fully saturated rings. The zero-order valence-corrected chi connectivity index (χ0v) is 23.3. The van der Waals surface area contributed by atoms with Crippen molar-refractivity contribution in [1.29, 1.82) is 0 Å². The number of likely N-dealkylation sites (N-methyl/N-ethyl adjacent to an activating group) is 1. The van der Waals surface area contributed by atoms with Crippen LogP contribution in [-0.4, -0.2) is 50.5 Å². The fourth-order valence-corrected chi connectivity index (χ4v) is 4.65. The van der Waals surface area contributed by atoms with Gasteiger partial charge in [0.1, 0.15) is 12.6 Å². The van der Waals surface area contributed by atoms with E-state index in [2.05, 4.69) is 26.1 Å². The molecule has 2 rings (SSSR count). The maximum atomic E-state index is 13.5. The highest BCUT2D eigenvalue weighted by Crippen LogP contribution is 2.27. The molecule has 1 N–H and O–H groups in total. The lowest BCUT2D eigenvalue weighted by atomic mass is 9.87. The number of nitrogens with zero attached hydrogens (tertiary/aromatic N) is 2. The number of hydrogen-bond donors (Lipinski definition) is 1. The zero-order valence-electron chi connectivity index (χ0n) is 20.9. The molecule has 35 heavy (non-hydrogen) atoms. The maximum Gasteiger partial charge on any atom is 0.244 e. The van der Waals surface area contributed by atoms with Crippen LogP contribution in [0.25, 0.3) is 0 Å². The Kier molecular flexibility index (Phi) is 9.62. The van der Waals surface area contributed by atoms with E-state index in [0.717, 1.165) is 16.1 Å². The SMILES string of the molecule is CCNC(=O)[C@H](C)N(Cc1ccc(Cl)c(Cl)c1)C(=O)CN(c1ccc(C(C)(C)C)cc1)S(C)(=O)=O. The molecule has 0 radical (unpaired) electrons. The molecule has 0 aliphatic heterocycles. The largest absolute Gasteiger partial charge is 0.355 e. The van der Waals surface area contributed by atoms with E-state index in [9.17, 15) is 18.0 Å². The molecular formula is C25H33Cl2N3O4S. The van der Waals surface area contributed by atoms with Crippen LogP contribution in [0.4, 0.5) is 5.69 Å². The molecule has 0 aromatic heterocycles. The summed E-state index contributed by atoms with van der Waals surface area (Å²) in [5.74, 6) is -0.874. The van der Waals surface area contributed by atoms with E-state index in [4.69, 9.17) is 23.2 Å². The summed E-state index contributed by atoms with van der Waals surface area (Å²) in [6, 6.07) is 11.2. The number of halogens is 2. The van der Waals surface area contributed by atoms with E-state index in [1.807, 2.05) is 12.1 Å². The minimum atomic E-state index is -3.79. The lowest BCUT2D eigenvalue weighted by Crippen LogP contribution is -2.51. The molecule has 0 saturated carbocycles. The van der Waals surface area contributed by atoms with Gasteiger partial charge < -0.3 is 10.2 Å². The van der Waals surface area contributed by atoms with Crippen molar-refractivity contribution in [3.05, 3.63) is 63.6 Å². The number of sulfonamides is 1. The van der Waals surface area contributed by atoms with Gasteiger partial charge in [-0.05, 0) is 54.7 Å². The number of nitrogens with one attached hydrogen (secondary N) is 1. The summed E-state index contributed by atoms with van der Waals surface area (Å²) in [4.78, 5) is 27.4. The minimum Gasteiger partial charge on any atom is -0.355 e. The topological polar surface area (TPSA) is 86.8 Å². The van der Waals surface area contributed by atoms with Gasteiger partial charge in [-0.25, -0.2) is 8.42 Å². The fourth-order valence-electron chi connectivity index (χ4n) is 3.48. The van der Waals surface area contributed by atoms with Crippen molar-refractivity contribution < 1.29 is 18.0 Å². The Balaban J connectivity index is 2.41. The van der Waals surface area contributed by atoms with E-state index >= 15 is 0 Å². The van der Waals surface area contributed by atoms with Crippen molar-refractivity contribution in [2.45, 2.75) is 52.6 Å². The first-order chi connectivity index (χ1) is 16.1. The Morgan fingerprint density at radius 2 is 1.63 bits per heavy atom. The number of anilines is 1. The fraction of sp³-hybridized carbons (Fsp3) is 0.440. The summed E-state index contributed by atoms with van der Waals surface area (Å²) >= 11 is 12.1. The lowest BCUT2D eigenvalue weighted by molar-refractivity contribution is -0.139. The second-order valence-corrected chi connectivity index (χ2v) is 12.1. The van der Waals surface area contributed by atoms with E-state index < -0.39 is 28.5 Å². The van der Waals surface area contributed by atoms with Gasteiger partial charge in [-0.2, -0.15) is 0 Å². The van der Waals surface area contributed by atoms with Crippen LogP contribution in [0.2, 0.25) is 10.0 Å². The molecule has 192 valence electrons. The minimum absolute atomic E-state index is 0.0502. The smallest absolute Gasteiger partial charge is 0.244 e. The number of rotatable bonds is 9. The van der Waals surface area contributed by atoms with Crippen LogP contribution in [0, 0.1) is 0 Å². The van der Waals surface area contributed by atoms with Crippen molar-refractivity contribution >= 4 is 50.7 Å². The van der Waals surface area contributed by atoms with Gasteiger partial charge in [0.25, 0.3) is 0 Å². The molecule has 2 aromatic rings. The number of carbonyl (C=O) groups excluding carboxylic acids is 2. The van der Waals surface area contributed by atoms with E-state index in [1.165, 1.54) is 4.90 Å². The van der Waals surface area contributed by atoms with Crippen LogP contribution in [0.15, 0.2) is 42.5 Å². The summed E-state index contributed by atoms with van der Waals surface area (Å²) in [6.45, 7) is 9.54. The number of benzene rings is 2. The normalized spacial score (nSPS) is 12.7. The average molecular weight is 543 g/mol. The van der Waals surface area contributed by atoms with Crippen LogP contribution in [0.1, 0.15) is 45.7 Å². The molecule has 2 aromatic carbocycles. The van der Waals surface area contributed by atoms with Gasteiger partial charge in [0, 0.05) is 13.1 Å². The van der Waals surface area contributed by atoms with E-state index in [0.29, 0.717) is 27.8 Å². The average Bonchev–Trinajstić information content (AvgIpc) is 2.76. The van der Waals surface area contributed by atoms with Crippen LogP contribution in [-0.2, 0) is 31.6 Å². The van der Waals surface area contributed by atoms with Crippen LogP contribution >= 0.6 is 23.2 Å². The Morgan fingerprint density at radius 1 is 1.03 bits per heavy atom. The second-order valence-electron chi connectivity index (χ2n) is 9.41. The van der Waals surface area contributed by atoms with E-state index in [-0.39, 0.29) is 17.9 Å². The first-order valence-corrected chi connectivity index (χ1v) is 13.8. The van der Waals surface area contributed by atoms with Crippen LogP contribution in [0.5, 0.6) is 0 Å². The summed E-state index contributed by atoms with van der Waals surface area (Å²) in [5.41, 5.74) is 1.95. The summed E-state index contributed by atoms with van der Waals surface area (Å²) < 4.78 is 26.4. The van der Waals surface area contributed by atoms with Gasteiger partial charge in [0.15, 0.2) is 0 Å².